The van der Waals surface area contributed by atoms with Gasteiger partial charge >= 0.3 is 68.9 Å². The van der Waals surface area contributed by atoms with Crippen molar-refractivity contribution in [2.75, 3.05) is 6.54 Å². The van der Waals surface area contributed by atoms with Crippen LogP contribution in [0.4, 0.5) is 0 Å². The molecule has 1 heterocycles. The van der Waals surface area contributed by atoms with Gasteiger partial charge in [0, 0.05) is 13.0 Å². The summed E-state index contributed by atoms with van der Waals surface area (Å²) in [4.78, 5) is 10.1. The SMILES string of the molecule is O=C1CCCN1.[Cs+].[H-]. The van der Waals surface area contributed by atoms with E-state index in [9.17, 15) is 4.79 Å². The summed E-state index contributed by atoms with van der Waals surface area (Å²) in [5, 5.41) is 2.68. The minimum absolute atomic E-state index is 0. The zero-order valence-electron chi connectivity index (χ0n) is 5.53. The zero-order valence-corrected chi connectivity index (χ0v) is 10.8. The van der Waals surface area contributed by atoms with Gasteiger partial charge in [0.2, 0.25) is 5.91 Å². The third-order valence-electron chi connectivity index (χ3n) is 0.903. The smallest absolute Gasteiger partial charge is 1.00 e. The predicted octanol–water partition coefficient (Wildman–Crippen LogP) is -2.99. The van der Waals surface area contributed by atoms with Crippen molar-refractivity contribution >= 4 is 5.91 Å². The van der Waals surface area contributed by atoms with Gasteiger partial charge in [-0.05, 0) is 6.42 Å². The molecule has 1 rings (SSSR count). The summed E-state index contributed by atoms with van der Waals surface area (Å²) in [5.41, 5.74) is 0. The van der Waals surface area contributed by atoms with Crippen molar-refractivity contribution in [2.24, 2.45) is 0 Å². The molecule has 1 N–H and O–H groups in total. The minimum atomic E-state index is 0. The Bertz CT molecular complexity index is 70.4. The summed E-state index contributed by atoms with van der Waals surface area (Å²) in [6.07, 6.45) is 1.76. The molecule has 1 saturated heterocycles. The van der Waals surface area contributed by atoms with Crippen molar-refractivity contribution in [2.45, 2.75) is 12.8 Å². The van der Waals surface area contributed by atoms with Crippen molar-refractivity contribution in [3.63, 3.8) is 0 Å². The Morgan fingerprint density at radius 3 is 2.57 bits per heavy atom. The van der Waals surface area contributed by atoms with Crippen LogP contribution in [-0.2, 0) is 4.79 Å². The topological polar surface area (TPSA) is 29.1 Å². The Morgan fingerprint density at radius 1 is 1.71 bits per heavy atom. The summed E-state index contributed by atoms with van der Waals surface area (Å²) in [6.45, 7) is 0.888. The van der Waals surface area contributed by atoms with Crippen LogP contribution in [-0.4, -0.2) is 12.5 Å². The van der Waals surface area contributed by atoms with Crippen molar-refractivity contribution < 1.29 is 75.1 Å². The van der Waals surface area contributed by atoms with Crippen LogP contribution in [0.1, 0.15) is 14.3 Å². The molecule has 0 saturated carbocycles. The molecule has 2 nitrogen and oxygen atoms in total. The van der Waals surface area contributed by atoms with Crippen LogP contribution in [0.2, 0.25) is 0 Å². The average Bonchev–Trinajstić information content (AvgIpc) is 1.86. The monoisotopic (exact) mass is 219 g/mol. The molecule has 0 unspecified atom stereocenters. The quantitative estimate of drug-likeness (QED) is 0.462. The van der Waals surface area contributed by atoms with Gasteiger partial charge < -0.3 is 6.74 Å². The largest absolute Gasteiger partial charge is 1.00 e. The van der Waals surface area contributed by atoms with Crippen molar-refractivity contribution in [3.05, 3.63) is 0 Å². The number of carbonyl (C=O) groups excluding carboxylic acids is 1. The molecule has 0 aliphatic carbocycles. The molecule has 1 amide bonds. The summed E-state index contributed by atoms with van der Waals surface area (Å²) >= 11 is 0. The zero-order chi connectivity index (χ0) is 4.41. The number of hydrogen-bond donors (Lipinski definition) is 1. The molecule has 0 aromatic heterocycles. The van der Waals surface area contributed by atoms with Crippen LogP contribution >= 0.6 is 0 Å². The standard InChI is InChI=1S/C4H7NO.Cs.H/c6-4-2-1-3-5-4;;/h1-3H2,(H,5,6);;/q;+1;-1. The van der Waals surface area contributed by atoms with Crippen LogP contribution in [0.5, 0.6) is 0 Å². The van der Waals surface area contributed by atoms with E-state index < -0.39 is 0 Å². The maximum absolute atomic E-state index is 10.1. The molecule has 0 radical (unpaired) electrons. The first-order valence-electron chi connectivity index (χ1n) is 2.16. The summed E-state index contributed by atoms with van der Waals surface area (Å²) < 4.78 is 0. The Labute approximate surface area is 103 Å². The fourth-order valence-electron chi connectivity index (χ4n) is 0.565. The molecule has 1 fully saturated rings. The van der Waals surface area contributed by atoms with E-state index in [0.29, 0.717) is 0 Å². The van der Waals surface area contributed by atoms with E-state index in [1.807, 2.05) is 0 Å². The van der Waals surface area contributed by atoms with Gasteiger partial charge in [0.1, 0.15) is 0 Å². The van der Waals surface area contributed by atoms with Crippen LogP contribution < -0.4 is 74.2 Å². The molecule has 1 aliphatic heterocycles. The second-order valence-electron chi connectivity index (χ2n) is 1.45. The molecule has 0 aromatic rings. The van der Waals surface area contributed by atoms with Crippen molar-refractivity contribution in [3.8, 4) is 0 Å². The normalized spacial score (nSPS) is 18.0. The first kappa shape index (κ1) is 8.52. The van der Waals surface area contributed by atoms with E-state index in [-0.39, 0.29) is 76.2 Å². The van der Waals surface area contributed by atoms with E-state index in [1.165, 1.54) is 0 Å². The van der Waals surface area contributed by atoms with E-state index in [2.05, 4.69) is 5.32 Å². The number of nitrogens with one attached hydrogen (secondary N) is 1. The first-order chi connectivity index (χ1) is 2.89. The second-order valence-corrected chi connectivity index (χ2v) is 1.45. The number of amides is 1. The first-order valence-corrected chi connectivity index (χ1v) is 2.16. The van der Waals surface area contributed by atoms with Gasteiger partial charge in [-0.2, -0.15) is 0 Å². The number of carbonyl (C=O) groups is 1. The maximum Gasteiger partial charge on any atom is 1.00 e. The van der Waals surface area contributed by atoms with Crippen molar-refractivity contribution in [1.29, 1.82) is 0 Å². The van der Waals surface area contributed by atoms with E-state index >= 15 is 0 Å². The van der Waals surface area contributed by atoms with Gasteiger partial charge in [0.05, 0.1) is 0 Å². The predicted molar refractivity (Wildman–Crippen MR) is 23.4 cm³/mol. The molecular weight excluding hydrogens is 211 g/mol. The molecular formula is C4H8CsNO. The van der Waals surface area contributed by atoms with E-state index in [4.69, 9.17) is 0 Å². The van der Waals surface area contributed by atoms with E-state index in [0.717, 1.165) is 19.4 Å². The molecule has 3 heteroatoms. The van der Waals surface area contributed by atoms with E-state index in [1.54, 1.807) is 0 Å². The Balaban J connectivity index is 0. The fraction of sp³-hybridized carbons (Fsp3) is 0.750. The molecule has 0 aromatic carbocycles. The van der Waals surface area contributed by atoms with Gasteiger partial charge in [-0.15, -0.1) is 0 Å². The Hall–Kier alpha value is 1.52. The van der Waals surface area contributed by atoms with Gasteiger partial charge in [0.15, 0.2) is 0 Å². The third-order valence-corrected chi connectivity index (χ3v) is 0.903. The van der Waals surface area contributed by atoms with Gasteiger partial charge in [-0.1, -0.05) is 0 Å². The molecule has 0 spiro atoms. The number of rotatable bonds is 0. The average molecular weight is 219 g/mol. The fourth-order valence-corrected chi connectivity index (χ4v) is 0.565. The molecule has 36 valence electrons. The summed E-state index contributed by atoms with van der Waals surface area (Å²) in [7, 11) is 0. The molecule has 0 atom stereocenters. The van der Waals surface area contributed by atoms with Crippen LogP contribution in [0, 0.1) is 0 Å². The van der Waals surface area contributed by atoms with Gasteiger partial charge in [0.25, 0.3) is 0 Å². The molecule has 1 aliphatic rings. The number of hydrogen-bond acceptors (Lipinski definition) is 1. The van der Waals surface area contributed by atoms with Crippen molar-refractivity contribution in [1.82, 2.24) is 5.32 Å². The third kappa shape index (κ3) is 3.16. The van der Waals surface area contributed by atoms with Gasteiger partial charge in [-0.25, -0.2) is 0 Å². The van der Waals surface area contributed by atoms with Crippen LogP contribution in [0.3, 0.4) is 0 Å². The summed E-state index contributed by atoms with van der Waals surface area (Å²) in [6, 6.07) is 0. The Morgan fingerprint density at radius 2 is 2.43 bits per heavy atom. The summed E-state index contributed by atoms with van der Waals surface area (Å²) in [5.74, 6) is 0.204. The van der Waals surface area contributed by atoms with Crippen LogP contribution in [0.25, 0.3) is 0 Å². The van der Waals surface area contributed by atoms with Gasteiger partial charge in [-0.3, -0.25) is 4.79 Å². The minimum Gasteiger partial charge on any atom is -1.00 e. The molecule has 0 bridgehead atoms. The Kier molecular flexibility index (Phi) is 5.36. The molecule has 7 heavy (non-hydrogen) atoms. The second kappa shape index (κ2) is 4.41. The maximum atomic E-state index is 10.1. The van der Waals surface area contributed by atoms with Crippen LogP contribution in [0.15, 0.2) is 0 Å².